The third kappa shape index (κ3) is 3.93. The van der Waals surface area contributed by atoms with E-state index < -0.39 is 0 Å². The molecule has 0 aliphatic heterocycles. The number of amides is 1. The molecule has 0 radical (unpaired) electrons. The molecular formula is C15H17BrN2O2. The van der Waals surface area contributed by atoms with Gasteiger partial charge < -0.3 is 9.84 Å². The lowest BCUT2D eigenvalue weighted by molar-refractivity contribution is -0.115. The van der Waals surface area contributed by atoms with Gasteiger partial charge in [-0.05, 0) is 17.7 Å². The lowest BCUT2D eigenvalue weighted by Gasteiger charge is -2.12. The van der Waals surface area contributed by atoms with Crippen molar-refractivity contribution in [1.82, 2.24) is 5.16 Å². The molecule has 1 heterocycles. The van der Waals surface area contributed by atoms with E-state index in [0.29, 0.717) is 12.2 Å². The number of aromatic nitrogens is 1. The van der Waals surface area contributed by atoms with Crippen molar-refractivity contribution in [3.05, 3.63) is 46.1 Å². The van der Waals surface area contributed by atoms with Crippen molar-refractivity contribution in [3.63, 3.8) is 0 Å². The Balaban J connectivity index is 1.98. The normalized spacial score (nSPS) is 11.4. The molecule has 0 saturated heterocycles. The van der Waals surface area contributed by atoms with Crippen LogP contribution in [0.15, 0.2) is 39.3 Å². The largest absolute Gasteiger partial charge is 0.359 e. The van der Waals surface area contributed by atoms with Crippen LogP contribution >= 0.6 is 15.9 Å². The molecule has 106 valence electrons. The van der Waals surface area contributed by atoms with Crippen LogP contribution in [0.5, 0.6) is 0 Å². The molecule has 1 N–H and O–H groups in total. The van der Waals surface area contributed by atoms with Crippen LogP contribution < -0.4 is 5.32 Å². The summed E-state index contributed by atoms with van der Waals surface area (Å²) >= 11 is 3.36. The SMILES string of the molecule is CC(C)(C)c1cc(NC(=O)Cc2ccc(Br)cc2)no1. The molecule has 2 rings (SSSR count). The van der Waals surface area contributed by atoms with Crippen LogP contribution in [0.3, 0.4) is 0 Å². The second-order valence-electron chi connectivity index (χ2n) is 5.68. The summed E-state index contributed by atoms with van der Waals surface area (Å²) in [6.45, 7) is 6.09. The molecule has 4 nitrogen and oxygen atoms in total. The van der Waals surface area contributed by atoms with E-state index in [1.807, 2.05) is 45.0 Å². The van der Waals surface area contributed by atoms with Gasteiger partial charge in [-0.15, -0.1) is 0 Å². The monoisotopic (exact) mass is 336 g/mol. The van der Waals surface area contributed by atoms with Crippen molar-refractivity contribution in [2.75, 3.05) is 5.32 Å². The van der Waals surface area contributed by atoms with E-state index >= 15 is 0 Å². The third-order valence-corrected chi connectivity index (χ3v) is 3.32. The minimum Gasteiger partial charge on any atom is -0.359 e. The zero-order valence-corrected chi connectivity index (χ0v) is 13.3. The number of hydrogen-bond acceptors (Lipinski definition) is 3. The van der Waals surface area contributed by atoms with Gasteiger partial charge in [0.05, 0.1) is 6.42 Å². The van der Waals surface area contributed by atoms with Gasteiger partial charge in [-0.1, -0.05) is 54.0 Å². The van der Waals surface area contributed by atoms with Gasteiger partial charge in [0.1, 0.15) is 5.76 Å². The molecule has 0 unspecified atom stereocenters. The molecule has 0 atom stereocenters. The number of rotatable bonds is 3. The Labute approximate surface area is 126 Å². The van der Waals surface area contributed by atoms with E-state index in [2.05, 4.69) is 26.4 Å². The first-order valence-corrected chi connectivity index (χ1v) is 7.15. The zero-order valence-electron chi connectivity index (χ0n) is 11.7. The highest BCUT2D eigenvalue weighted by Gasteiger charge is 2.20. The van der Waals surface area contributed by atoms with Gasteiger partial charge in [-0.25, -0.2) is 0 Å². The van der Waals surface area contributed by atoms with Crippen LogP contribution in [0.4, 0.5) is 5.82 Å². The Morgan fingerprint density at radius 3 is 2.50 bits per heavy atom. The zero-order chi connectivity index (χ0) is 14.8. The molecule has 0 aliphatic rings. The average Bonchev–Trinajstić information content (AvgIpc) is 2.80. The summed E-state index contributed by atoms with van der Waals surface area (Å²) in [7, 11) is 0. The molecule has 0 saturated carbocycles. The lowest BCUT2D eigenvalue weighted by atomic mass is 9.93. The van der Waals surface area contributed by atoms with Gasteiger partial charge in [-0.3, -0.25) is 4.79 Å². The van der Waals surface area contributed by atoms with Crippen molar-refractivity contribution in [1.29, 1.82) is 0 Å². The topological polar surface area (TPSA) is 55.1 Å². The highest BCUT2D eigenvalue weighted by atomic mass is 79.9. The van der Waals surface area contributed by atoms with E-state index in [9.17, 15) is 4.79 Å². The smallest absolute Gasteiger partial charge is 0.230 e. The molecule has 20 heavy (non-hydrogen) atoms. The van der Waals surface area contributed by atoms with Crippen LogP contribution in [-0.4, -0.2) is 11.1 Å². The summed E-state index contributed by atoms with van der Waals surface area (Å²) in [4.78, 5) is 11.9. The fraction of sp³-hybridized carbons (Fsp3) is 0.333. The molecule has 2 aromatic rings. The second kappa shape index (κ2) is 5.79. The van der Waals surface area contributed by atoms with E-state index in [4.69, 9.17) is 4.52 Å². The Morgan fingerprint density at radius 2 is 1.95 bits per heavy atom. The summed E-state index contributed by atoms with van der Waals surface area (Å²) in [5, 5.41) is 6.61. The Bertz CT molecular complexity index is 597. The number of carbonyl (C=O) groups is 1. The first kappa shape index (κ1) is 14.8. The maximum atomic E-state index is 11.9. The lowest BCUT2D eigenvalue weighted by Crippen LogP contribution is -2.14. The number of nitrogens with one attached hydrogen (secondary N) is 1. The fourth-order valence-corrected chi connectivity index (χ4v) is 1.93. The average molecular weight is 337 g/mol. The van der Waals surface area contributed by atoms with E-state index in [1.54, 1.807) is 6.07 Å². The highest BCUT2D eigenvalue weighted by molar-refractivity contribution is 9.10. The number of carbonyl (C=O) groups excluding carboxylic acids is 1. The van der Waals surface area contributed by atoms with Crippen LogP contribution in [-0.2, 0) is 16.6 Å². The molecule has 0 aliphatic carbocycles. The predicted octanol–water partition coefficient (Wildman–Crippen LogP) is 3.92. The quantitative estimate of drug-likeness (QED) is 0.924. The standard InChI is InChI=1S/C15H17BrN2O2/c1-15(2,3)12-9-13(18-20-12)17-14(19)8-10-4-6-11(16)7-5-10/h4-7,9H,8H2,1-3H3,(H,17,18,19). The maximum absolute atomic E-state index is 11.9. The van der Waals surface area contributed by atoms with Gasteiger partial charge in [0, 0.05) is 16.0 Å². The van der Waals surface area contributed by atoms with Crippen LogP contribution in [0.2, 0.25) is 0 Å². The van der Waals surface area contributed by atoms with E-state index in [1.165, 1.54) is 0 Å². The van der Waals surface area contributed by atoms with Gasteiger partial charge in [0.25, 0.3) is 0 Å². The van der Waals surface area contributed by atoms with Crippen molar-refractivity contribution in [2.45, 2.75) is 32.6 Å². The highest BCUT2D eigenvalue weighted by Crippen LogP contribution is 2.24. The predicted molar refractivity (Wildman–Crippen MR) is 81.7 cm³/mol. The molecule has 1 amide bonds. The maximum Gasteiger partial charge on any atom is 0.230 e. The number of benzene rings is 1. The van der Waals surface area contributed by atoms with Gasteiger partial charge >= 0.3 is 0 Å². The van der Waals surface area contributed by atoms with Crippen molar-refractivity contribution in [2.24, 2.45) is 0 Å². The molecular weight excluding hydrogens is 320 g/mol. The second-order valence-corrected chi connectivity index (χ2v) is 6.59. The molecule has 0 fully saturated rings. The molecule has 1 aromatic heterocycles. The van der Waals surface area contributed by atoms with Crippen molar-refractivity contribution >= 4 is 27.7 Å². The van der Waals surface area contributed by atoms with Crippen LogP contribution in [0, 0.1) is 0 Å². The summed E-state index contributed by atoms with van der Waals surface area (Å²) < 4.78 is 6.22. The van der Waals surface area contributed by atoms with Crippen LogP contribution in [0.25, 0.3) is 0 Å². The van der Waals surface area contributed by atoms with Gasteiger partial charge in [-0.2, -0.15) is 0 Å². The number of nitrogens with zero attached hydrogens (tertiary/aromatic N) is 1. The van der Waals surface area contributed by atoms with Gasteiger partial charge in [0.15, 0.2) is 5.82 Å². The van der Waals surface area contributed by atoms with Crippen molar-refractivity contribution in [3.8, 4) is 0 Å². The summed E-state index contributed by atoms with van der Waals surface area (Å²) in [6, 6.07) is 9.41. The first-order chi connectivity index (χ1) is 9.34. The summed E-state index contributed by atoms with van der Waals surface area (Å²) in [5.41, 5.74) is 0.826. The number of hydrogen-bond donors (Lipinski definition) is 1. The molecule has 0 bridgehead atoms. The number of halogens is 1. The first-order valence-electron chi connectivity index (χ1n) is 6.36. The molecule has 0 spiro atoms. The van der Waals surface area contributed by atoms with Crippen molar-refractivity contribution < 1.29 is 9.32 Å². The minimum absolute atomic E-state index is 0.110. The molecule has 1 aromatic carbocycles. The molecule has 5 heteroatoms. The summed E-state index contributed by atoms with van der Waals surface area (Å²) in [5.74, 6) is 1.09. The Morgan fingerprint density at radius 1 is 1.30 bits per heavy atom. The number of anilines is 1. The van der Waals surface area contributed by atoms with Crippen LogP contribution in [0.1, 0.15) is 32.1 Å². The summed E-state index contributed by atoms with van der Waals surface area (Å²) in [6.07, 6.45) is 0.311. The Kier molecular flexibility index (Phi) is 4.28. The Hall–Kier alpha value is -1.62. The van der Waals surface area contributed by atoms with E-state index in [-0.39, 0.29) is 11.3 Å². The van der Waals surface area contributed by atoms with Gasteiger partial charge in [0.2, 0.25) is 5.91 Å². The fourth-order valence-electron chi connectivity index (χ4n) is 1.66. The van der Waals surface area contributed by atoms with E-state index in [0.717, 1.165) is 15.8 Å². The third-order valence-electron chi connectivity index (χ3n) is 2.79. The minimum atomic E-state index is -0.123.